The maximum Gasteiger partial charge on any atom is 0.133 e. The number of hydrogen-bond donors (Lipinski definition) is 4. The molecule has 0 aliphatic carbocycles. The van der Waals surface area contributed by atoms with Crippen LogP contribution < -0.4 is 0 Å². The van der Waals surface area contributed by atoms with E-state index in [1.54, 1.807) is 18.2 Å². The molecule has 0 unspecified atom stereocenters. The molecular formula is C24H38O6. The molecule has 0 aliphatic rings. The maximum atomic E-state index is 12.0. The van der Waals surface area contributed by atoms with E-state index in [-0.39, 0.29) is 38.9 Å². The molecule has 0 aliphatic heterocycles. The SMILES string of the molecule is C=CCOC(CC=C)(CC=C)[C@](CC=C)(OCC=C)[C@](O)(CC=C)[C@H](O)[C@H](O)CO. The van der Waals surface area contributed by atoms with E-state index in [0.29, 0.717) is 0 Å². The second-order valence-electron chi connectivity index (χ2n) is 7.11. The third-order valence-electron chi connectivity index (χ3n) is 5.24. The van der Waals surface area contributed by atoms with Gasteiger partial charge in [0.15, 0.2) is 0 Å². The Bertz CT molecular complexity index is 576. The first kappa shape index (κ1) is 28.2. The van der Waals surface area contributed by atoms with Crippen LogP contribution in [0.4, 0.5) is 0 Å². The standard InChI is InChI=1S/C24H38O6/c1-7-13-22(14-8-2,29-17-11-5)24(16-10-4,30-18-12-6)23(28,15-9-3)21(27)20(26)19-25/h7-12,20-21,25-28H,1-6,13-19H2/t20-,21-,23+,24+/m1/s1. The third kappa shape index (κ3) is 5.66. The Hall–Kier alpha value is -1.80. The second kappa shape index (κ2) is 13.5. The Morgan fingerprint density at radius 3 is 1.57 bits per heavy atom. The quantitative estimate of drug-likeness (QED) is 0.239. The average molecular weight is 423 g/mol. The van der Waals surface area contributed by atoms with Crippen LogP contribution >= 0.6 is 0 Å². The Kier molecular flexibility index (Phi) is 12.7. The normalized spacial score (nSPS) is 17.6. The molecule has 0 fully saturated rings. The van der Waals surface area contributed by atoms with Crippen LogP contribution in [0.5, 0.6) is 0 Å². The zero-order valence-corrected chi connectivity index (χ0v) is 17.9. The lowest BCUT2D eigenvalue weighted by atomic mass is 9.61. The molecular weight excluding hydrogens is 384 g/mol. The van der Waals surface area contributed by atoms with Crippen molar-refractivity contribution in [2.75, 3.05) is 19.8 Å². The predicted octanol–water partition coefficient (Wildman–Crippen LogP) is 2.62. The van der Waals surface area contributed by atoms with Crippen LogP contribution in [0, 0.1) is 0 Å². The van der Waals surface area contributed by atoms with Crippen molar-refractivity contribution in [3.05, 3.63) is 75.9 Å². The molecule has 0 heterocycles. The molecule has 0 saturated carbocycles. The van der Waals surface area contributed by atoms with Gasteiger partial charge in [0.2, 0.25) is 0 Å². The second-order valence-corrected chi connectivity index (χ2v) is 7.11. The topological polar surface area (TPSA) is 99.4 Å². The summed E-state index contributed by atoms with van der Waals surface area (Å²) in [6.45, 7) is 21.9. The van der Waals surface area contributed by atoms with E-state index in [4.69, 9.17) is 9.47 Å². The van der Waals surface area contributed by atoms with E-state index in [2.05, 4.69) is 39.5 Å². The molecule has 0 rings (SSSR count). The number of rotatable bonds is 19. The molecule has 6 heteroatoms. The van der Waals surface area contributed by atoms with Crippen molar-refractivity contribution < 1.29 is 29.9 Å². The summed E-state index contributed by atoms with van der Waals surface area (Å²) in [5.41, 5.74) is -5.08. The minimum atomic E-state index is -2.14. The van der Waals surface area contributed by atoms with Crippen LogP contribution in [0.3, 0.4) is 0 Å². The largest absolute Gasteiger partial charge is 0.394 e. The van der Waals surface area contributed by atoms with E-state index in [0.717, 1.165) is 0 Å². The van der Waals surface area contributed by atoms with Gasteiger partial charge in [-0.05, 0) is 25.7 Å². The molecule has 0 amide bonds. The molecule has 0 aromatic heterocycles. The van der Waals surface area contributed by atoms with Gasteiger partial charge in [-0.2, -0.15) is 0 Å². The van der Waals surface area contributed by atoms with Gasteiger partial charge in [0.25, 0.3) is 0 Å². The van der Waals surface area contributed by atoms with Crippen LogP contribution in [0.1, 0.15) is 25.7 Å². The summed E-state index contributed by atoms with van der Waals surface area (Å²) < 4.78 is 12.4. The molecule has 0 saturated heterocycles. The highest BCUT2D eigenvalue weighted by molar-refractivity contribution is 5.22. The minimum Gasteiger partial charge on any atom is -0.394 e. The van der Waals surface area contributed by atoms with Crippen LogP contribution in [0.15, 0.2) is 75.9 Å². The highest BCUT2D eigenvalue weighted by Crippen LogP contribution is 2.50. The summed E-state index contributed by atoms with van der Waals surface area (Å²) in [4.78, 5) is 0. The molecule has 6 nitrogen and oxygen atoms in total. The van der Waals surface area contributed by atoms with Gasteiger partial charge in [0.1, 0.15) is 29.0 Å². The lowest BCUT2D eigenvalue weighted by molar-refractivity contribution is -0.305. The highest BCUT2D eigenvalue weighted by atomic mass is 16.6. The van der Waals surface area contributed by atoms with Gasteiger partial charge in [-0.15, -0.1) is 39.5 Å². The summed E-state index contributed by atoms with van der Waals surface area (Å²) >= 11 is 0. The van der Waals surface area contributed by atoms with E-state index in [1.165, 1.54) is 18.2 Å². The summed E-state index contributed by atoms with van der Waals surface area (Å²) in [6.07, 6.45) is 6.05. The third-order valence-corrected chi connectivity index (χ3v) is 5.24. The van der Waals surface area contributed by atoms with E-state index >= 15 is 0 Å². The van der Waals surface area contributed by atoms with Crippen molar-refractivity contribution in [1.29, 1.82) is 0 Å². The van der Waals surface area contributed by atoms with Crippen molar-refractivity contribution in [3.8, 4) is 0 Å². The van der Waals surface area contributed by atoms with E-state index in [9.17, 15) is 20.4 Å². The first-order valence-electron chi connectivity index (χ1n) is 9.89. The molecule has 0 bridgehead atoms. The average Bonchev–Trinajstić information content (AvgIpc) is 2.74. The molecule has 4 N–H and O–H groups in total. The smallest absolute Gasteiger partial charge is 0.133 e. The van der Waals surface area contributed by atoms with E-state index < -0.39 is 35.6 Å². The highest BCUT2D eigenvalue weighted by Gasteiger charge is 2.66. The summed E-state index contributed by atoms with van der Waals surface area (Å²) in [5.74, 6) is 0. The fraction of sp³-hybridized carbons (Fsp3) is 0.500. The summed E-state index contributed by atoms with van der Waals surface area (Å²) in [7, 11) is 0. The van der Waals surface area contributed by atoms with Gasteiger partial charge in [-0.25, -0.2) is 0 Å². The Morgan fingerprint density at radius 1 is 0.700 bits per heavy atom. The van der Waals surface area contributed by atoms with Crippen LogP contribution in [-0.2, 0) is 9.47 Å². The molecule has 170 valence electrons. The maximum absolute atomic E-state index is 12.0. The number of hydrogen-bond acceptors (Lipinski definition) is 6. The zero-order chi connectivity index (χ0) is 23.3. The molecule has 0 aromatic rings. The molecule has 0 spiro atoms. The van der Waals surface area contributed by atoms with Crippen molar-refractivity contribution in [1.82, 2.24) is 0 Å². The first-order chi connectivity index (χ1) is 14.3. The Morgan fingerprint density at radius 2 is 1.17 bits per heavy atom. The van der Waals surface area contributed by atoms with Gasteiger partial charge >= 0.3 is 0 Å². The molecule has 0 radical (unpaired) electrons. The fourth-order valence-electron chi connectivity index (χ4n) is 3.97. The van der Waals surface area contributed by atoms with Gasteiger partial charge in [-0.1, -0.05) is 36.5 Å². The van der Waals surface area contributed by atoms with Crippen LogP contribution in [-0.4, -0.2) is 69.3 Å². The lowest BCUT2D eigenvalue weighted by Gasteiger charge is -2.58. The molecule has 30 heavy (non-hydrogen) atoms. The number of aliphatic hydroxyl groups excluding tert-OH is 3. The van der Waals surface area contributed by atoms with Crippen molar-refractivity contribution in [3.63, 3.8) is 0 Å². The van der Waals surface area contributed by atoms with Gasteiger partial charge < -0.3 is 29.9 Å². The minimum absolute atomic E-state index is 0.00270. The first-order valence-corrected chi connectivity index (χ1v) is 9.89. The Balaban J connectivity index is 7.25. The zero-order valence-electron chi connectivity index (χ0n) is 17.9. The van der Waals surface area contributed by atoms with Crippen LogP contribution in [0.25, 0.3) is 0 Å². The van der Waals surface area contributed by atoms with E-state index in [1.807, 2.05) is 0 Å². The number of ether oxygens (including phenoxy) is 2. The van der Waals surface area contributed by atoms with Gasteiger partial charge in [-0.3, -0.25) is 0 Å². The van der Waals surface area contributed by atoms with Crippen molar-refractivity contribution in [2.24, 2.45) is 0 Å². The molecule has 0 aromatic carbocycles. The predicted molar refractivity (Wildman–Crippen MR) is 121 cm³/mol. The van der Waals surface area contributed by atoms with Gasteiger partial charge in [0.05, 0.1) is 19.8 Å². The van der Waals surface area contributed by atoms with Gasteiger partial charge in [0, 0.05) is 0 Å². The lowest BCUT2D eigenvalue weighted by Crippen LogP contribution is -2.74. The monoisotopic (exact) mass is 422 g/mol. The summed E-state index contributed by atoms with van der Waals surface area (Å²) in [5, 5.41) is 42.7. The van der Waals surface area contributed by atoms with Crippen molar-refractivity contribution in [2.45, 2.75) is 54.7 Å². The summed E-state index contributed by atoms with van der Waals surface area (Å²) in [6, 6.07) is 0. The van der Waals surface area contributed by atoms with Crippen molar-refractivity contribution >= 4 is 0 Å². The van der Waals surface area contributed by atoms with Crippen LogP contribution in [0.2, 0.25) is 0 Å². The fourth-order valence-corrected chi connectivity index (χ4v) is 3.97. The molecule has 4 atom stereocenters. The Labute approximate surface area is 180 Å². The number of aliphatic hydroxyl groups is 4.